The molecule has 6 nitrogen and oxygen atoms in total. The molecule has 116 valence electrons. The highest BCUT2D eigenvalue weighted by molar-refractivity contribution is 7.89. The number of aliphatic hydroxyl groups is 1. The Kier molecular flexibility index (Phi) is 4.65. The van der Waals surface area contributed by atoms with E-state index in [0.717, 1.165) is 0 Å². The minimum absolute atomic E-state index is 0.104. The number of hydrogen-bond donors (Lipinski definition) is 2. The second-order valence-electron chi connectivity index (χ2n) is 5.30. The second-order valence-corrected chi connectivity index (χ2v) is 7.24. The zero-order valence-corrected chi connectivity index (χ0v) is 12.9. The van der Waals surface area contributed by atoms with Gasteiger partial charge in [0.25, 0.3) is 5.91 Å². The number of benzene rings is 1. The number of nitrogens with zero attached hydrogens (tertiary/aromatic N) is 1. The summed E-state index contributed by atoms with van der Waals surface area (Å²) in [5.74, 6) is -0.159. The minimum atomic E-state index is -3.63. The molecular weight excluding hydrogens is 292 g/mol. The van der Waals surface area contributed by atoms with Gasteiger partial charge in [0.2, 0.25) is 10.0 Å². The van der Waals surface area contributed by atoms with E-state index in [9.17, 15) is 18.3 Å². The van der Waals surface area contributed by atoms with E-state index < -0.39 is 16.1 Å². The molecule has 0 aromatic heterocycles. The van der Waals surface area contributed by atoms with E-state index in [2.05, 4.69) is 5.32 Å². The summed E-state index contributed by atoms with van der Waals surface area (Å²) < 4.78 is 26.3. The van der Waals surface area contributed by atoms with Gasteiger partial charge in [0.05, 0.1) is 11.0 Å². The Balaban J connectivity index is 2.22. The Labute approximate surface area is 124 Å². The van der Waals surface area contributed by atoms with Crippen molar-refractivity contribution in [2.45, 2.75) is 24.3 Å². The fraction of sp³-hybridized carbons (Fsp3) is 0.500. The Morgan fingerprint density at radius 3 is 2.48 bits per heavy atom. The number of carbonyl (C=O) groups is 1. The third-order valence-corrected chi connectivity index (χ3v) is 5.74. The second kappa shape index (κ2) is 6.13. The van der Waals surface area contributed by atoms with Gasteiger partial charge >= 0.3 is 0 Å². The predicted molar refractivity (Wildman–Crippen MR) is 78.4 cm³/mol. The molecule has 2 rings (SSSR count). The van der Waals surface area contributed by atoms with E-state index in [-0.39, 0.29) is 23.3 Å². The molecule has 2 N–H and O–H groups in total. The van der Waals surface area contributed by atoms with E-state index in [1.165, 1.54) is 35.6 Å². The lowest BCUT2D eigenvalue weighted by Gasteiger charge is -2.33. The zero-order chi connectivity index (χ0) is 15.6. The maximum absolute atomic E-state index is 12.5. The molecule has 1 aromatic carbocycles. The molecule has 1 amide bonds. The normalized spacial score (nSPS) is 23.8. The van der Waals surface area contributed by atoms with E-state index in [1.807, 2.05) is 6.92 Å². The lowest BCUT2D eigenvalue weighted by atomic mass is 9.98. The van der Waals surface area contributed by atoms with Gasteiger partial charge in [-0.3, -0.25) is 4.79 Å². The van der Waals surface area contributed by atoms with Gasteiger partial charge in [-0.1, -0.05) is 6.92 Å². The number of amides is 1. The molecule has 1 saturated heterocycles. The first-order valence-electron chi connectivity index (χ1n) is 6.86. The molecule has 1 aliphatic heterocycles. The van der Waals surface area contributed by atoms with Crippen LogP contribution >= 0.6 is 0 Å². The zero-order valence-electron chi connectivity index (χ0n) is 12.1. The minimum Gasteiger partial charge on any atom is -0.391 e. The van der Waals surface area contributed by atoms with Crippen LogP contribution in [0, 0.1) is 5.92 Å². The van der Waals surface area contributed by atoms with Crippen LogP contribution in [0.5, 0.6) is 0 Å². The summed E-state index contributed by atoms with van der Waals surface area (Å²) in [6.07, 6.45) is -0.00449. The first-order chi connectivity index (χ1) is 9.86. The molecule has 0 saturated carbocycles. The van der Waals surface area contributed by atoms with Crippen LogP contribution in [0.4, 0.5) is 0 Å². The third-order valence-electron chi connectivity index (χ3n) is 3.86. The van der Waals surface area contributed by atoms with Crippen molar-refractivity contribution in [3.63, 3.8) is 0 Å². The van der Waals surface area contributed by atoms with Crippen LogP contribution in [-0.4, -0.2) is 50.0 Å². The summed E-state index contributed by atoms with van der Waals surface area (Å²) in [6, 6.07) is 5.80. The molecular formula is C14H20N2O4S. The maximum atomic E-state index is 12.5. The number of β-amino-alcohol motifs (C(OH)–C–C–N with tert-alkyl or cyclic N) is 1. The maximum Gasteiger partial charge on any atom is 0.251 e. The van der Waals surface area contributed by atoms with Gasteiger partial charge in [-0.2, -0.15) is 4.31 Å². The largest absolute Gasteiger partial charge is 0.391 e. The summed E-state index contributed by atoms with van der Waals surface area (Å²) in [4.78, 5) is 11.6. The van der Waals surface area contributed by atoms with Gasteiger partial charge in [-0.25, -0.2) is 8.42 Å². The van der Waals surface area contributed by atoms with Crippen LogP contribution in [0.25, 0.3) is 0 Å². The topological polar surface area (TPSA) is 86.7 Å². The molecule has 0 aliphatic carbocycles. The van der Waals surface area contributed by atoms with E-state index >= 15 is 0 Å². The fourth-order valence-electron chi connectivity index (χ4n) is 2.31. The average molecular weight is 312 g/mol. The number of aliphatic hydroxyl groups excluding tert-OH is 1. The Morgan fingerprint density at radius 2 is 1.95 bits per heavy atom. The van der Waals surface area contributed by atoms with Crippen LogP contribution in [0.3, 0.4) is 0 Å². The van der Waals surface area contributed by atoms with Crippen molar-refractivity contribution in [1.29, 1.82) is 0 Å². The molecule has 0 bridgehead atoms. The molecule has 1 aromatic rings. The number of nitrogens with one attached hydrogen (secondary N) is 1. The highest BCUT2D eigenvalue weighted by Crippen LogP contribution is 2.24. The molecule has 1 aliphatic rings. The SMILES string of the molecule is CNC(=O)c1ccc(S(=O)(=O)N2CCC(C)C(O)C2)cc1. The van der Waals surface area contributed by atoms with Crippen molar-refractivity contribution in [1.82, 2.24) is 9.62 Å². The first-order valence-corrected chi connectivity index (χ1v) is 8.30. The highest BCUT2D eigenvalue weighted by atomic mass is 32.2. The molecule has 1 fully saturated rings. The molecule has 0 radical (unpaired) electrons. The molecule has 2 unspecified atom stereocenters. The van der Waals surface area contributed by atoms with Crippen molar-refractivity contribution in [2.24, 2.45) is 5.92 Å². The highest BCUT2D eigenvalue weighted by Gasteiger charge is 2.32. The van der Waals surface area contributed by atoms with Crippen LogP contribution in [0.2, 0.25) is 0 Å². The van der Waals surface area contributed by atoms with Crippen molar-refractivity contribution in [3.8, 4) is 0 Å². The van der Waals surface area contributed by atoms with Crippen LogP contribution in [0.1, 0.15) is 23.7 Å². The van der Waals surface area contributed by atoms with E-state index in [4.69, 9.17) is 0 Å². The summed E-state index contributed by atoms with van der Waals surface area (Å²) in [6.45, 7) is 2.42. The first kappa shape index (κ1) is 15.9. The van der Waals surface area contributed by atoms with Crippen molar-refractivity contribution >= 4 is 15.9 Å². The van der Waals surface area contributed by atoms with Crippen molar-refractivity contribution in [3.05, 3.63) is 29.8 Å². The van der Waals surface area contributed by atoms with Crippen molar-refractivity contribution in [2.75, 3.05) is 20.1 Å². The van der Waals surface area contributed by atoms with Gasteiger partial charge in [-0.15, -0.1) is 0 Å². The van der Waals surface area contributed by atoms with Gasteiger partial charge < -0.3 is 10.4 Å². The smallest absolute Gasteiger partial charge is 0.251 e. The van der Waals surface area contributed by atoms with Crippen LogP contribution in [0.15, 0.2) is 29.2 Å². The number of sulfonamides is 1. The molecule has 1 heterocycles. The Bertz CT molecular complexity index is 612. The van der Waals surface area contributed by atoms with Gasteiger partial charge in [0.15, 0.2) is 0 Å². The van der Waals surface area contributed by atoms with Gasteiger partial charge in [0.1, 0.15) is 0 Å². The summed E-state index contributed by atoms with van der Waals surface area (Å²) in [7, 11) is -2.11. The van der Waals surface area contributed by atoms with Crippen molar-refractivity contribution < 1.29 is 18.3 Å². The summed E-state index contributed by atoms with van der Waals surface area (Å²) in [5, 5.41) is 12.3. The van der Waals surface area contributed by atoms with Crippen LogP contribution in [-0.2, 0) is 10.0 Å². The number of piperidine rings is 1. The number of hydrogen-bond acceptors (Lipinski definition) is 4. The third kappa shape index (κ3) is 3.25. The number of carbonyl (C=O) groups excluding carboxylic acids is 1. The lowest BCUT2D eigenvalue weighted by Crippen LogP contribution is -2.45. The average Bonchev–Trinajstić information content (AvgIpc) is 2.49. The standard InChI is InChI=1S/C14H20N2O4S/c1-10-7-8-16(9-13(10)17)21(19,20)12-5-3-11(4-6-12)14(18)15-2/h3-6,10,13,17H,7-9H2,1-2H3,(H,15,18). The van der Waals surface area contributed by atoms with Gasteiger partial charge in [-0.05, 0) is 36.6 Å². The monoisotopic (exact) mass is 312 g/mol. The van der Waals surface area contributed by atoms with Gasteiger partial charge in [0, 0.05) is 25.7 Å². The summed E-state index contributed by atoms with van der Waals surface area (Å²) in [5.41, 5.74) is 0.406. The predicted octanol–water partition coefficient (Wildman–Crippen LogP) is 0.438. The molecule has 7 heteroatoms. The fourth-order valence-corrected chi connectivity index (χ4v) is 3.78. The quantitative estimate of drug-likeness (QED) is 0.848. The lowest BCUT2D eigenvalue weighted by molar-refractivity contribution is 0.0605. The Hall–Kier alpha value is -1.44. The Morgan fingerprint density at radius 1 is 1.33 bits per heavy atom. The van der Waals surface area contributed by atoms with E-state index in [1.54, 1.807) is 0 Å². The molecule has 0 spiro atoms. The van der Waals surface area contributed by atoms with Crippen LogP contribution < -0.4 is 5.32 Å². The summed E-state index contributed by atoms with van der Waals surface area (Å²) >= 11 is 0. The molecule has 21 heavy (non-hydrogen) atoms. The molecule has 2 atom stereocenters. The number of rotatable bonds is 3. The van der Waals surface area contributed by atoms with E-state index in [0.29, 0.717) is 18.5 Å².